The van der Waals surface area contributed by atoms with Crippen molar-refractivity contribution >= 4 is 40.1 Å². The number of rotatable bonds is 6. The van der Waals surface area contributed by atoms with Crippen LogP contribution in [0.1, 0.15) is 18.9 Å². The summed E-state index contributed by atoms with van der Waals surface area (Å²) in [5.74, 6) is 1.03. The summed E-state index contributed by atoms with van der Waals surface area (Å²) in [6.45, 7) is 3.42. The number of thioether (sulfide) groups is 1. The van der Waals surface area contributed by atoms with Gasteiger partial charge in [-0.15, -0.1) is 0 Å². The summed E-state index contributed by atoms with van der Waals surface area (Å²) in [6, 6.07) is 17.9. The Balaban J connectivity index is 1.46. The molecular formula is C21H21N5OS. The molecule has 3 aromatic rings. The van der Waals surface area contributed by atoms with Gasteiger partial charge in [-0.25, -0.2) is 15.0 Å². The lowest BCUT2D eigenvalue weighted by molar-refractivity contribution is -0.127. The van der Waals surface area contributed by atoms with Gasteiger partial charge in [0.15, 0.2) is 5.16 Å². The highest BCUT2D eigenvalue weighted by Gasteiger charge is 2.22. The number of carbonyl (C=O) groups excluding carboxylic acids is 1. The normalized spacial score (nSPS) is 13.6. The first-order valence-electron chi connectivity index (χ1n) is 9.31. The third-order valence-corrected chi connectivity index (χ3v) is 5.28. The standard InChI is InChI=1S/C21H21N5OS/c1-2-22-20-16-10-6-7-11-18(16)23-21(24-20)28-14-19(27)26-13-12-17(25-26)15-8-4-3-5-9-15/h3-11H,2,12-14H2,1H3,(H,22,23,24). The average Bonchev–Trinajstić information content (AvgIpc) is 3.23. The van der Waals surface area contributed by atoms with E-state index in [1.54, 1.807) is 5.01 Å². The molecule has 0 unspecified atom stereocenters. The molecule has 0 bridgehead atoms. The number of carbonyl (C=O) groups is 1. The number of aromatic nitrogens is 2. The Kier molecular flexibility index (Phi) is 5.53. The monoisotopic (exact) mass is 391 g/mol. The van der Waals surface area contributed by atoms with E-state index in [0.717, 1.165) is 41.0 Å². The molecule has 6 nitrogen and oxygen atoms in total. The van der Waals surface area contributed by atoms with Gasteiger partial charge < -0.3 is 5.32 Å². The maximum Gasteiger partial charge on any atom is 0.253 e. The van der Waals surface area contributed by atoms with E-state index in [1.165, 1.54) is 11.8 Å². The average molecular weight is 392 g/mol. The Morgan fingerprint density at radius 3 is 2.71 bits per heavy atom. The molecule has 1 aliphatic heterocycles. The molecule has 0 saturated carbocycles. The SMILES string of the molecule is CCNc1nc(SCC(=O)N2CCC(c3ccccc3)=N2)nc2ccccc12. The molecule has 2 aromatic carbocycles. The van der Waals surface area contributed by atoms with Gasteiger partial charge in [0.2, 0.25) is 0 Å². The van der Waals surface area contributed by atoms with Crippen molar-refractivity contribution in [1.82, 2.24) is 15.0 Å². The zero-order valence-electron chi connectivity index (χ0n) is 15.6. The Morgan fingerprint density at radius 2 is 1.89 bits per heavy atom. The minimum absolute atomic E-state index is 0.0299. The molecule has 1 N–H and O–H groups in total. The first kappa shape index (κ1) is 18.4. The lowest BCUT2D eigenvalue weighted by Crippen LogP contribution is -2.25. The van der Waals surface area contributed by atoms with Crippen LogP contribution in [-0.2, 0) is 4.79 Å². The molecule has 1 amide bonds. The predicted molar refractivity (Wildman–Crippen MR) is 114 cm³/mol. The summed E-state index contributed by atoms with van der Waals surface area (Å²) in [6.07, 6.45) is 0.775. The first-order chi connectivity index (χ1) is 13.7. The van der Waals surface area contributed by atoms with Gasteiger partial charge in [-0.3, -0.25) is 4.79 Å². The summed E-state index contributed by atoms with van der Waals surface area (Å²) in [5, 5.41) is 10.9. The fraction of sp³-hybridized carbons (Fsp3) is 0.238. The number of nitrogens with zero attached hydrogens (tertiary/aromatic N) is 4. The van der Waals surface area contributed by atoms with E-state index in [4.69, 9.17) is 0 Å². The topological polar surface area (TPSA) is 70.5 Å². The molecule has 0 spiro atoms. The number of fused-ring (bicyclic) bond motifs is 1. The molecular weight excluding hydrogens is 370 g/mol. The van der Waals surface area contributed by atoms with Gasteiger partial charge in [0.05, 0.1) is 23.5 Å². The Morgan fingerprint density at radius 1 is 1.11 bits per heavy atom. The Bertz CT molecular complexity index is 1020. The van der Waals surface area contributed by atoms with Crippen LogP contribution in [0, 0.1) is 0 Å². The van der Waals surface area contributed by atoms with Gasteiger partial charge in [0.25, 0.3) is 5.91 Å². The van der Waals surface area contributed by atoms with E-state index in [9.17, 15) is 4.79 Å². The van der Waals surface area contributed by atoms with E-state index in [-0.39, 0.29) is 11.7 Å². The van der Waals surface area contributed by atoms with Gasteiger partial charge in [0, 0.05) is 18.4 Å². The van der Waals surface area contributed by atoms with Crippen molar-refractivity contribution in [3.05, 3.63) is 60.2 Å². The van der Waals surface area contributed by atoms with Gasteiger partial charge >= 0.3 is 0 Å². The molecule has 28 heavy (non-hydrogen) atoms. The van der Waals surface area contributed by atoms with Gasteiger partial charge in [-0.1, -0.05) is 54.2 Å². The molecule has 0 radical (unpaired) electrons. The van der Waals surface area contributed by atoms with Crippen LogP contribution in [0.25, 0.3) is 10.9 Å². The number of hydrogen-bond donors (Lipinski definition) is 1. The van der Waals surface area contributed by atoms with Crippen molar-refractivity contribution in [2.45, 2.75) is 18.5 Å². The number of amides is 1. The number of para-hydroxylation sites is 1. The molecule has 142 valence electrons. The summed E-state index contributed by atoms with van der Waals surface area (Å²) in [4.78, 5) is 21.8. The first-order valence-corrected chi connectivity index (χ1v) is 10.3. The maximum absolute atomic E-state index is 12.6. The third kappa shape index (κ3) is 3.99. The highest BCUT2D eigenvalue weighted by molar-refractivity contribution is 7.99. The van der Waals surface area contributed by atoms with Crippen LogP contribution in [0.15, 0.2) is 64.9 Å². The molecule has 1 aliphatic rings. The van der Waals surface area contributed by atoms with Gasteiger partial charge in [0.1, 0.15) is 5.82 Å². The Hall–Kier alpha value is -2.93. The van der Waals surface area contributed by atoms with E-state index in [2.05, 4.69) is 20.4 Å². The van der Waals surface area contributed by atoms with E-state index < -0.39 is 0 Å². The third-order valence-electron chi connectivity index (χ3n) is 4.45. The molecule has 1 aromatic heterocycles. The summed E-state index contributed by atoms with van der Waals surface area (Å²) < 4.78 is 0. The van der Waals surface area contributed by atoms with Crippen LogP contribution >= 0.6 is 11.8 Å². The van der Waals surface area contributed by atoms with Crippen molar-refractivity contribution < 1.29 is 4.79 Å². The number of anilines is 1. The van der Waals surface area contributed by atoms with Crippen molar-refractivity contribution in [3.8, 4) is 0 Å². The number of hydrazone groups is 1. The second-order valence-electron chi connectivity index (χ2n) is 6.37. The predicted octanol–water partition coefficient (Wildman–Crippen LogP) is 3.79. The van der Waals surface area contributed by atoms with Crippen molar-refractivity contribution in [2.75, 3.05) is 24.2 Å². The van der Waals surface area contributed by atoms with Gasteiger partial charge in [-0.2, -0.15) is 5.10 Å². The fourth-order valence-electron chi connectivity index (χ4n) is 3.09. The molecule has 4 rings (SSSR count). The highest BCUT2D eigenvalue weighted by Crippen LogP contribution is 2.25. The zero-order chi connectivity index (χ0) is 19.3. The smallest absolute Gasteiger partial charge is 0.253 e. The number of benzene rings is 2. The van der Waals surface area contributed by atoms with Crippen molar-refractivity contribution in [2.24, 2.45) is 5.10 Å². The van der Waals surface area contributed by atoms with Crippen LogP contribution < -0.4 is 5.32 Å². The quantitative estimate of drug-likeness (QED) is 0.511. The van der Waals surface area contributed by atoms with E-state index >= 15 is 0 Å². The molecule has 0 saturated heterocycles. The van der Waals surface area contributed by atoms with Crippen molar-refractivity contribution in [3.63, 3.8) is 0 Å². The van der Waals surface area contributed by atoms with Crippen LogP contribution in [0.3, 0.4) is 0 Å². The zero-order valence-corrected chi connectivity index (χ0v) is 16.4. The fourth-order valence-corrected chi connectivity index (χ4v) is 3.81. The molecule has 0 aliphatic carbocycles. The number of hydrogen-bond acceptors (Lipinski definition) is 6. The van der Waals surface area contributed by atoms with Crippen LogP contribution in [-0.4, -0.2) is 45.4 Å². The van der Waals surface area contributed by atoms with Crippen LogP contribution in [0.5, 0.6) is 0 Å². The summed E-state index contributed by atoms with van der Waals surface area (Å²) in [7, 11) is 0. The van der Waals surface area contributed by atoms with Gasteiger partial charge in [-0.05, 0) is 24.6 Å². The van der Waals surface area contributed by atoms with Crippen LogP contribution in [0.2, 0.25) is 0 Å². The highest BCUT2D eigenvalue weighted by atomic mass is 32.2. The summed E-state index contributed by atoms with van der Waals surface area (Å²) in [5.41, 5.74) is 2.89. The van der Waals surface area contributed by atoms with Crippen molar-refractivity contribution in [1.29, 1.82) is 0 Å². The number of nitrogens with one attached hydrogen (secondary N) is 1. The molecule has 2 heterocycles. The van der Waals surface area contributed by atoms with Crippen LogP contribution in [0.4, 0.5) is 5.82 Å². The second-order valence-corrected chi connectivity index (χ2v) is 7.31. The lowest BCUT2D eigenvalue weighted by Gasteiger charge is -2.12. The van der Waals surface area contributed by atoms with E-state index in [1.807, 2.05) is 61.5 Å². The molecule has 0 atom stereocenters. The molecule has 7 heteroatoms. The maximum atomic E-state index is 12.6. The second kappa shape index (κ2) is 8.39. The Labute approximate surface area is 168 Å². The minimum Gasteiger partial charge on any atom is -0.370 e. The minimum atomic E-state index is -0.0299. The summed E-state index contributed by atoms with van der Waals surface area (Å²) >= 11 is 1.34. The lowest BCUT2D eigenvalue weighted by atomic mass is 10.1. The molecule has 0 fully saturated rings. The van der Waals surface area contributed by atoms with E-state index in [0.29, 0.717) is 11.7 Å². The largest absolute Gasteiger partial charge is 0.370 e.